The van der Waals surface area contributed by atoms with Gasteiger partial charge >= 0.3 is 0 Å². The fourth-order valence-electron chi connectivity index (χ4n) is 2.81. The molecule has 1 aromatic rings. The van der Waals surface area contributed by atoms with Gasteiger partial charge in [-0.15, -0.1) is 0 Å². The molecule has 0 radical (unpaired) electrons. The Labute approximate surface area is 114 Å². The van der Waals surface area contributed by atoms with E-state index in [-0.39, 0.29) is 11.3 Å². The lowest BCUT2D eigenvalue weighted by molar-refractivity contribution is -0.132. The summed E-state index contributed by atoms with van der Waals surface area (Å²) in [5.41, 5.74) is 6.17. The summed E-state index contributed by atoms with van der Waals surface area (Å²) in [7, 11) is 0. The van der Waals surface area contributed by atoms with Gasteiger partial charge < -0.3 is 15.8 Å². The van der Waals surface area contributed by atoms with Crippen molar-refractivity contribution in [2.24, 2.45) is 17.1 Å². The number of amides is 1. The summed E-state index contributed by atoms with van der Waals surface area (Å²) >= 11 is 0. The molecule has 0 aromatic heterocycles. The molecule has 0 saturated heterocycles. The highest BCUT2D eigenvalue weighted by atomic mass is 16.5. The summed E-state index contributed by atoms with van der Waals surface area (Å²) in [5, 5.41) is 2.96. The molecular formula is C15H22N2O2. The van der Waals surface area contributed by atoms with E-state index in [1.165, 1.54) is 0 Å². The molecule has 4 heteroatoms. The molecule has 0 unspecified atom stereocenters. The Bertz CT molecular complexity index is 453. The van der Waals surface area contributed by atoms with Crippen LogP contribution in [0.15, 0.2) is 24.3 Å². The maximum atomic E-state index is 12.3. The van der Waals surface area contributed by atoms with Gasteiger partial charge in [0.25, 0.3) is 0 Å². The number of nitrogens with one attached hydrogen (secondary N) is 1. The number of benzene rings is 1. The molecule has 0 atom stereocenters. The number of ether oxygens (including phenoxy) is 1. The lowest BCUT2D eigenvalue weighted by atomic mass is 9.62. The van der Waals surface area contributed by atoms with Crippen LogP contribution in [0.4, 0.5) is 5.69 Å². The number of rotatable bonds is 5. The molecule has 104 valence electrons. The van der Waals surface area contributed by atoms with Crippen molar-refractivity contribution in [2.45, 2.75) is 26.7 Å². The van der Waals surface area contributed by atoms with Gasteiger partial charge in [0, 0.05) is 18.3 Å². The molecule has 19 heavy (non-hydrogen) atoms. The maximum Gasteiger partial charge on any atom is 0.231 e. The van der Waals surface area contributed by atoms with Crippen LogP contribution in [0.2, 0.25) is 0 Å². The first-order chi connectivity index (χ1) is 9.09. The van der Waals surface area contributed by atoms with E-state index in [1.807, 2.05) is 31.2 Å². The van der Waals surface area contributed by atoms with E-state index >= 15 is 0 Å². The number of nitrogens with two attached hydrogens (primary N) is 1. The van der Waals surface area contributed by atoms with Crippen LogP contribution in [-0.4, -0.2) is 19.1 Å². The van der Waals surface area contributed by atoms with Gasteiger partial charge in [0.2, 0.25) is 5.91 Å². The quantitative estimate of drug-likeness (QED) is 0.856. The average molecular weight is 262 g/mol. The molecule has 0 heterocycles. The second kappa shape index (κ2) is 5.61. The molecule has 0 spiro atoms. The van der Waals surface area contributed by atoms with Crippen LogP contribution < -0.4 is 15.8 Å². The minimum atomic E-state index is -0.374. The molecule has 4 nitrogen and oxygen atoms in total. The third kappa shape index (κ3) is 2.89. The summed E-state index contributed by atoms with van der Waals surface area (Å²) in [4.78, 5) is 12.3. The molecule has 1 aliphatic rings. The van der Waals surface area contributed by atoms with Crippen LogP contribution in [0.5, 0.6) is 5.75 Å². The predicted octanol–water partition coefficient (Wildman–Crippen LogP) is 2.40. The zero-order valence-electron chi connectivity index (χ0n) is 11.6. The van der Waals surface area contributed by atoms with Gasteiger partial charge in [0.1, 0.15) is 5.75 Å². The second-order valence-electron chi connectivity index (χ2n) is 5.41. The summed E-state index contributed by atoms with van der Waals surface area (Å²) in [6, 6.07) is 7.46. The van der Waals surface area contributed by atoms with Gasteiger partial charge in [0.05, 0.1) is 12.0 Å². The van der Waals surface area contributed by atoms with Crippen LogP contribution in [-0.2, 0) is 4.79 Å². The highest BCUT2D eigenvalue weighted by molar-refractivity contribution is 5.96. The maximum absolute atomic E-state index is 12.3. The minimum Gasteiger partial charge on any atom is -0.494 e. The lowest BCUT2D eigenvalue weighted by Gasteiger charge is -2.44. The Morgan fingerprint density at radius 2 is 2.26 bits per heavy atom. The SMILES string of the molecule is CCOc1cccc(NC(=O)C2(CN)CC(C)C2)c1. The number of carbonyl (C=O) groups is 1. The third-order valence-corrected chi connectivity index (χ3v) is 3.75. The van der Waals surface area contributed by atoms with Gasteiger partial charge in [-0.2, -0.15) is 0 Å². The van der Waals surface area contributed by atoms with Crippen molar-refractivity contribution in [1.82, 2.24) is 0 Å². The number of anilines is 1. The molecule has 0 aliphatic heterocycles. The first kappa shape index (κ1) is 13.9. The van der Waals surface area contributed by atoms with Crippen molar-refractivity contribution in [1.29, 1.82) is 0 Å². The van der Waals surface area contributed by atoms with E-state index in [2.05, 4.69) is 12.2 Å². The van der Waals surface area contributed by atoms with E-state index < -0.39 is 0 Å². The minimum absolute atomic E-state index is 0.0294. The Balaban J connectivity index is 2.04. The van der Waals surface area contributed by atoms with Crippen molar-refractivity contribution in [3.05, 3.63) is 24.3 Å². The average Bonchev–Trinajstić information content (AvgIpc) is 2.35. The van der Waals surface area contributed by atoms with Crippen molar-refractivity contribution in [2.75, 3.05) is 18.5 Å². The first-order valence-electron chi connectivity index (χ1n) is 6.84. The second-order valence-corrected chi connectivity index (χ2v) is 5.41. The lowest BCUT2D eigenvalue weighted by Crippen LogP contribution is -2.51. The summed E-state index contributed by atoms with van der Waals surface area (Å²) < 4.78 is 5.42. The van der Waals surface area contributed by atoms with Crippen LogP contribution >= 0.6 is 0 Å². The molecule has 1 aliphatic carbocycles. The molecule has 3 N–H and O–H groups in total. The first-order valence-corrected chi connectivity index (χ1v) is 6.84. The smallest absolute Gasteiger partial charge is 0.231 e. The molecular weight excluding hydrogens is 240 g/mol. The van der Waals surface area contributed by atoms with Gasteiger partial charge in [-0.05, 0) is 37.8 Å². The molecule has 1 fully saturated rings. The fraction of sp³-hybridized carbons (Fsp3) is 0.533. The van der Waals surface area contributed by atoms with Gasteiger partial charge in [-0.1, -0.05) is 13.0 Å². The van der Waals surface area contributed by atoms with Crippen molar-refractivity contribution in [3.63, 3.8) is 0 Å². The number of hydrogen-bond donors (Lipinski definition) is 2. The Morgan fingerprint density at radius 3 is 2.84 bits per heavy atom. The van der Waals surface area contributed by atoms with E-state index in [0.29, 0.717) is 19.1 Å². The summed E-state index contributed by atoms with van der Waals surface area (Å²) in [5.74, 6) is 1.38. The van der Waals surface area contributed by atoms with Gasteiger partial charge in [-0.25, -0.2) is 0 Å². The van der Waals surface area contributed by atoms with E-state index in [1.54, 1.807) is 0 Å². The van der Waals surface area contributed by atoms with Gasteiger partial charge in [0.15, 0.2) is 0 Å². The number of hydrogen-bond acceptors (Lipinski definition) is 3. The number of carbonyl (C=O) groups excluding carboxylic acids is 1. The molecule has 1 amide bonds. The summed E-state index contributed by atoms with van der Waals surface area (Å²) in [6.45, 7) is 5.11. The zero-order chi connectivity index (χ0) is 13.9. The van der Waals surface area contributed by atoms with E-state index in [4.69, 9.17) is 10.5 Å². The molecule has 0 bridgehead atoms. The Kier molecular flexibility index (Phi) is 4.10. The fourth-order valence-corrected chi connectivity index (χ4v) is 2.81. The van der Waals surface area contributed by atoms with Crippen LogP contribution in [0.3, 0.4) is 0 Å². The van der Waals surface area contributed by atoms with E-state index in [9.17, 15) is 4.79 Å². The molecule has 1 saturated carbocycles. The van der Waals surface area contributed by atoms with Crippen molar-refractivity contribution >= 4 is 11.6 Å². The van der Waals surface area contributed by atoms with Crippen LogP contribution in [0.1, 0.15) is 26.7 Å². The monoisotopic (exact) mass is 262 g/mol. The topological polar surface area (TPSA) is 64.3 Å². The third-order valence-electron chi connectivity index (χ3n) is 3.75. The largest absolute Gasteiger partial charge is 0.494 e. The predicted molar refractivity (Wildman–Crippen MR) is 76.1 cm³/mol. The normalized spacial score (nSPS) is 25.5. The molecule has 2 rings (SSSR count). The highest BCUT2D eigenvalue weighted by Gasteiger charge is 2.47. The van der Waals surface area contributed by atoms with Crippen LogP contribution in [0.25, 0.3) is 0 Å². The van der Waals surface area contributed by atoms with Crippen LogP contribution in [0, 0.1) is 11.3 Å². The highest BCUT2D eigenvalue weighted by Crippen LogP contribution is 2.45. The zero-order valence-corrected chi connectivity index (χ0v) is 11.6. The Hall–Kier alpha value is -1.55. The standard InChI is InChI=1S/C15H22N2O2/c1-3-19-13-6-4-5-12(7-13)17-14(18)15(10-16)8-11(2)9-15/h4-7,11H,3,8-10,16H2,1-2H3,(H,17,18). The summed E-state index contributed by atoms with van der Waals surface area (Å²) in [6.07, 6.45) is 1.75. The Morgan fingerprint density at radius 1 is 1.53 bits per heavy atom. The molecule has 1 aromatic carbocycles. The van der Waals surface area contributed by atoms with Gasteiger partial charge in [-0.3, -0.25) is 4.79 Å². The van der Waals surface area contributed by atoms with Crippen molar-refractivity contribution in [3.8, 4) is 5.75 Å². The van der Waals surface area contributed by atoms with E-state index in [0.717, 1.165) is 24.3 Å². The van der Waals surface area contributed by atoms with Crippen molar-refractivity contribution < 1.29 is 9.53 Å².